The summed E-state index contributed by atoms with van der Waals surface area (Å²) in [4.78, 5) is 38.5. The molecule has 0 aliphatic carbocycles. The van der Waals surface area contributed by atoms with Gasteiger partial charge in [-0.25, -0.2) is 0 Å². The lowest BCUT2D eigenvalue weighted by molar-refractivity contribution is -0.127. The second-order valence-corrected chi connectivity index (χ2v) is 7.76. The van der Waals surface area contributed by atoms with Gasteiger partial charge in [0.2, 0.25) is 5.91 Å². The number of benzene rings is 2. The van der Waals surface area contributed by atoms with Crippen molar-refractivity contribution in [1.82, 2.24) is 4.90 Å². The van der Waals surface area contributed by atoms with Crippen molar-refractivity contribution in [1.29, 1.82) is 0 Å². The number of phenols is 1. The van der Waals surface area contributed by atoms with E-state index in [1.54, 1.807) is 42.5 Å². The average Bonchev–Trinajstić information content (AvgIpc) is 3.03. The van der Waals surface area contributed by atoms with E-state index in [4.69, 9.17) is 9.47 Å². The zero-order chi connectivity index (χ0) is 23.3. The lowest BCUT2D eigenvalue weighted by Gasteiger charge is -2.13. The highest BCUT2D eigenvalue weighted by atomic mass is 32.2. The number of hydrogen-bond donors (Lipinski definition) is 2. The number of carbonyl (C=O) groups excluding carboxylic acids is 3. The minimum Gasteiger partial charge on any atom is -0.504 e. The van der Waals surface area contributed by atoms with Crippen LogP contribution in [-0.2, 0) is 16.0 Å². The molecule has 0 bridgehead atoms. The number of ether oxygens (including phenoxy) is 2. The molecule has 2 aromatic rings. The fraction of sp³-hybridized carbons (Fsp3) is 0.174. The molecule has 1 aliphatic heterocycles. The van der Waals surface area contributed by atoms with Crippen LogP contribution in [0.2, 0.25) is 0 Å². The van der Waals surface area contributed by atoms with Crippen molar-refractivity contribution in [2.24, 2.45) is 0 Å². The molecule has 9 heteroatoms. The van der Waals surface area contributed by atoms with Gasteiger partial charge in [-0.2, -0.15) is 0 Å². The lowest BCUT2D eigenvalue weighted by atomic mass is 10.1. The molecule has 0 radical (unpaired) electrons. The van der Waals surface area contributed by atoms with Gasteiger partial charge in [-0.3, -0.25) is 19.3 Å². The van der Waals surface area contributed by atoms with Crippen LogP contribution in [-0.4, -0.2) is 47.8 Å². The Balaban J connectivity index is 1.75. The maximum Gasteiger partial charge on any atom is 0.294 e. The summed E-state index contributed by atoms with van der Waals surface area (Å²) in [6.07, 6.45) is 3.56. The number of nitrogens with one attached hydrogen (secondary N) is 1. The molecule has 0 aromatic heterocycles. The fourth-order valence-electron chi connectivity index (χ4n) is 3.05. The van der Waals surface area contributed by atoms with Crippen molar-refractivity contribution in [2.75, 3.05) is 26.1 Å². The van der Waals surface area contributed by atoms with Gasteiger partial charge in [0.05, 0.1) is 19.1 Å². The van der Waals surface area contributed by atoms with Gasteiger partial charge < -0.3 is 19.9 Å². The average molecular weight is 455 g/mol. The molecule has 8 nitrogen and oxygen atoms in total. The molecular formula is C23H22N2O6S. The Bertz CT molecular complexity index is 1090. The van der Waals surface area contributed by atoms with E-state index in [1.807, 2.05) is 0 Å². The van der Waals surface area contributed by atoms with Gasteiger partial charge in [-0.05, 0) is 66.2 Å². The maximum atomic E-state index is 12.7. The predicted molar refractivity (Wildman–Crippen MR) is 123 cm³/mol. The number of nitrogens with zero attached hydrogens (tertiary/aromatic N) is 1. The van der Waals surface area contributed by atoms with Crippen molar-refractivity contribution < 1.29 is 29.0 Å². The van der Waals surface area contributed by atoms with Gasteiger partial charge >= 0.3 is 0 Å². The van der Waals surface area contributed by atoms with E-state index in [0.717, 1.165) is 16.7 Å². The number of carbonyl (C=O) groups is 3. The molecule has 1 fully saturated rings. The number of imide groups is 1. The van der Waals surface area contributed by atoms with Crippen LogP contribution in [0.4, 0.5) is 10.5 Å². The fourth-order valence-corrected chi connectivity index (χ4v) is 3.88. The third-order valence-electron chi connectivity index (χ3n) is 4.61. The minimum atomic E-state index is -0.567. The van der Waals surface area contributed by atoms with Crippen LogP contribution < -0.4 is 14.8 Å². The van der Waals surface area contributed by atoms with Crippen LogP contribution in [0.1, 0.15) is 11.1 Å². The number of rotatable bonds is 8. The Kier molecular flexibility index (Phi) is 7.21. The van der Waals surface area contributed by atoms with E-state index in [2.05, 4.69) is 11.9 Å². The molecule has 1 aliphatic rings. The van der Waals surface area contributed by atoms with Gasteiger partial charge in [-0.15, -0.1) is 6.58 Å². The first-order valence-corrected chi connectivity index (χ1v) is 10.4. The van der Waals surface area contributed by atoms with Crippen molar-refractivity contribution in [3.8, 4) is 17.2 Å². The second kappa shape index (κ2) is 10.1. The number of amides is 3. The Morgan fingerprint density at radius 2 is 1.91 bits per heavy atom. The number of anilines is 1. The number of aromatic hydroxyl groups is 1. The molecule has 1 heterocycles. The zero-order valence-electron chi connectivity index (χ0n) is 17.6. The number of methoxy groups -OCH3 is 2. The largest absolute Gasteiger partial charge is 0.504 e. The molecule has 32 heavy (non-hydrogen) atoms. The number of hydrogen-bond acceptors (Lipinski definition) is 7. The molecule has 1 saturated heterocycles. The van der Waals surface area contributed by atoms with Crippen LogP contribution in [0.15, 0.2) is 54.0 Å². The first-order chi connectivity index (χ1) is 15.4. The Morgan fingerprint density at radius 1 is 1.19 bits per heavy atom. The van der Waals surface area contributed by atoms with Crippen molar-refractivity contribution in [3.05, 3.63) is 65.1 Å². The van der Waals surface area contributed by atoms with Crippen molar-refractivity contribution in [2.45, 2.75) is 6.42 Å². The van der Waals surface area contributed by atoms with Gasteiger partial charge in [0.1, 0.15) is 12.3 Å². The topological polar surface area (TPSA) is 105 Å². The van der Waals surface area contributed by atoms with Crippen LogP contribution in [0.25, 0.3) is 6.08 Å². The molecule has 3 rings (SSSR count). The highest BCUT2D eigenvalue weighted by Gasteiger charge is 2.36. The minimum absolute atomic E-state index is 0.00661. The molecular weight excluding hydrogens is 432 g/mol. The summed E-state index contributed by atoms with van der Waals surface area (Å²) in [5.41, 5.74) is 1.66. The summed E-state index contributed by atoms with van der Waals surface area (Å²) in [6.45, 7) is 3.25. The Hall–Kier alpha value is -3.72. The summed E-state index contributed by atoms with van der Waals surface area (Å²) in [6, 6.07) is 9.93. The van der Waals surface area contributed by atoms with Crippen LogP contribution in [0, 0.1) is 0 Å². The third kappa shape index (κ3) is 5.12. The Morgan fingerprint density at radius 3 is 2.53 bits per heavy atom. The molecule has 166 valence electrons. The molecule has 0 unspecified atom stereocenters. The normalized spacial score (nSPS) is 14.6. The molecule has 3 amide bonds. The summed E-state index contributed by atoms with van der Waals surface area (Å²) >= 11 is 0.745. The van der Waals surface area contributed by atoms with Gasteiger partial charge in [0.25, 0.3) is 11.1 Å². The van der Waals surface area contributed by atoms with Crippen LogP contribution in [0.3, 0.4) is 0 Å². The smallest absolute Gasteiger partial charge is 0.294 e. The summed E-state index contributed by atoms with van der Waals surface area (Å²) in [7, 11) is 2.96. The van der Waals surface area contributed by atoms with Crippen molar-refractivity contribution in [3.63, 3.8) is 0 Å². The van der Waals surface area contributed by atoms with E-state index < -0.39 is 23.6 Å². The second-order valence-electron chi connectivity index (χ2n) is 6.77. The number of thioether (sulfide) groups is 1. The monoisotopic (exact) mass is 454 g/mol. The quantitative estimate of drug-likeness (QED) is 0.462. The van der Waals surface area contributed by atoms with Crippen molar-refractivity contribution >= 4 is 40.6 Å². The lowest BCUT2D eigenvalue weighted by Crippen LogP contribution is -2.36. The molecule has 0 spiro atoms. The SMILES string of the molecule is C=CCc1cc(/C=C2\SC(=O)N(CC(=O)Nc3ccc(OC)cc3)C2=O)cc(OC)c1O. The number of phenolic OH excluding ortho intramolecular Hbond substituents is 1. The summed E-state index contributed by atoms with van der Waals surface area (Å²) < 4.78 is 10.3. The first-order valence-electron chi connectivity index (χ1n) is 9.56. The summed E-state index contributed by atoms with van der Waals surface area (Å²) in [5, 5.41) is 12.3. The highest BCUT2D eigenvalue weighted by Crippen LogP contribution is 2.36. The third-order valence-corrected chi connectivity index (χ3v) is 5.51. The van der Waals surface area contributed by atoms with Gasteiger partial charge in [-0.1, -0.05) is 6.08 Å². The van der Waals surface area contributed by atoms with E-state index in [0.29, 0.717) is 29.0 Å². The van der Waals surface area contributed by atoms with E-state index in [-0.39, 0.29) is 16.4 Å². The van der Waals surface area contributed by atoms with E-state index >= 15 is 0 Å². The highest BCUT2D eigenvalue weighted by molar-refractivity contribution is 8.18. The summed E-state index contributed by atoms with van der Waals surface area (Å²) in [5.74, 6) is -0.191. The zero-order valence-corrected chi connectivity index (χ0v) is 18.4. The molecule has 2 aromatic carbocycles. The Labute approximate surface area is 189 Å². The first kappa shape index (κ1) is 23.0. The molecule has 0 atom stereocenters. The van der Waals surface area contributed by atoms with E-state index in [1.165, 1.54) is 20.3 Å². The van der Waals surface area contributed by atoms with Gasteiger partial charge in [0, 0.05) is 11.3 Å². The van der Waals surface area contributed by atoms with Crippen LogP contribution in [0.5, 0.6) is 17.2 Å². The maximum absolute atomic E-state index is 12.7. The molecule has 0 saturated carbocycles. The number of allylic oxidation sites excluding steroid dienone is 1. The van der Waals surface area contributed by atoms with Crippen LogP contribution >= 0.6 is 11.8 Å². The predicted octanol–water partition coefficient (Wildman–Crippen LogP) is 3.81. The standard InChI is InChI=1S/C23H22N2O6S/c1-4-5-15-10-14(11-18(31-3)21(15)27)12-19-22(28)25(23(29)32-19)13-20(26)24-16-6-8-17(30-2)9-7-16/h4,6-12,27H,1,5,13H2,2-3H3,(H,24,26)/b19-12-. The molecule has 2 N–H and O–H groups in total. The van der Waals surface area contributed by atoms with E-state index in [9.17, 15) is 19.5 Å². The van der Waals surface area contributed by atoms with Gasteiger partial charge in [0.15, 0.2) is 11.5 Å².